The highest BCUT2D eigenvalue weighted by Gasteiger charge is 2.52. The Bertz CT molecular complexity index is 623. The molecule has 208 valence electrons. The first kappa shape index (κ1) is 30.8. The molecule has 10 unspecified atom stereocenters. The Kier molecular flexibility index (Phi) is 11.3. The van der Waals surface area contributed by atoms with Gasteiger partial charge in [0, 0.05) is 0 Å². The molecule has 0 radical (unpaired) electrons. The topological polar surface area (TPSA) is 168 Å². The summed E-state index contributed by atoms with van der Waals surface area (Å²) in [5.74, 6) is 0. The second-order valence-electron chi connectivity index (χ2n) is 10.0. The van der Waals surface area contributed by atoms with Crippen molar-refractivity contribution in [3.63, 3.8) is 0 Å². The van der Waals surface area contributed by atoms with Crippen molar-refractivity contribution in [2.24, 2.45) is 0 Å². The maximum Gasteiger partial charge on any atom is 0.187 e. The number of ether oxygens (including phenoxy) is 5. The zero-order valence-corrected chi connectivity index (χ0v) is 21.7. The highest BCUT2D eigenvalue weighted by Crippen LogP contribution is 2.34. The molecule has 0 aromatic carbocycles. The molecule has 0 amide bonds. The van der Waals surface area contributed by atoms with Crippen LogP contribution in [0.15, 0.2) is 0 Å². The molecule has 0 saturated carbocycles. The second-order valence-corrected chi connectivity index (χ2v) is 10.0. The van der Waals surface area contributed by atoms with Crippen molar-refractivity contribution < 1.29 is 54.3 Å². The number of aliphatic hydroxyl groups is 6. The molecule has 2 fully saturated rings. The zero-order chi connectivity index (χ0) is 26.6. The van der Waals surface area contributed by atoms with E-state index in [2.05, 4.69) is 0 Å². The van der Waals surface area contributed by atoms with Crippen LogP contribution in [0.25, 0.3) is 0 Å². The maximum absolute atomic E-state index is 10.8. The minimum Gasteiger partial charge on any atom is -0.394 e. The van der Waals surface area contributed by atoms with Crippen LogP contribution in [0.3, 0.4) is 0 Å². The van der Waals surface area contributed by atoms with Crippen molar-refractivity contribution in [1.29, 1.82) is 0 Å². The van der Waals surface area contributed by atoms with E-state index in [0.29, 0.717) is 25.7 Å². The molecule has 0 bridgehead atoms. The van der Waals surface area contributed by atoms with E-state index in [4.69, 9.17) is 23.7 Å². The largest absolute Gasteiger partial charge is 0.394 e. The summed E-state index contributed by atoms with van der Waals surface area (Å²) < 4.78 is 29.1. The fraction of sp³-hybridized carbons (Fsp3) is 1.00. The lowest BCUT2D eigenvalue weighted by atomic mass is 9.94. The van der Waals surface area contributed by atoms with E-state index in [9.17, 15) is 30.6 Å². The summed E-state index contributed by atoms with van der Waals surface area (Å²) >= 11 is 0. The van der Waals surface area contributed by atoms with E-state index in [-0.39, 0.29) is 0 Å². The molecule has 2 saturated heterocycles. The zero-order valence-electron chi connectivity index (χ0n) is 21.7. The molecule has 2 heterocycles. The average Bonchev–Trinajstić information content (AvgIpc) is 2.87. The van der Waals surface area contributed by atoms with Gasteiger partial charge in [0.25, 0.3) is 0 Å². The first-order chi connectivity index (χ1) is 16.4. The standard InChI is InChI=1S/C24H46O11/c1-7-23(5,8-2)34-20-14(12-26)31-21(17(29)16(20)28)33-19-13(11-25)32-22(18(30)15(19)27)35-24(6,9-3)10-4/h13-22,25-30H,7-12H2,1-6H3. The molecular formula is C24H46O11. The summed E-state index contributed by atoms with van der Waals surface area (Å²) in [5, 5.41) is 62.8. The summed E-state index contributed by atoms with van der Waals surface area (Å²) in [6, 6.07) is 0. The van der Waals surface area contributed by atoms with E-state index in [1.165, 1.54) is 0 Å². The van der Waals surface area contributed by atoms with Crippen molar-refractivity contribution in [2.45, 2.75) is 140 Å². The summed E-state index contributed by atoms with van der Waals surface area (Å²) in [4.78, 5) is 0. The first-order valence-corrected chi connectivity index (χ1v) is 12.7. The highest BCUT2D eigenvalue weighted by molar-refractivity contribution is 4.96. The summed E-state index contributed by atoms with van der Waals surface area (Å²) in [5.41, 5.74) is -1.21. The monoisotopic (exact) mass is 510 g/mol. The van der Waals surface area contributed by atoms with E-state index in [1.807, 2.05) is 41.5 Å². The third kappa shape index (κ3) is 6.91. The Morgan fingerprint density at radius 2 is 1.00 bits per heavy atom. The molecule has 11 heteroatoms. The minimum absolute atomic E-state index is 0.518. The lowest BCUT2D eigenvalue weighted by Gasteiger charge is -2.48. The van der Waals surface area contributed by atoms with Crippen molar-refractivity contribution in [1.82, 2.24) is 0 Å². The Labute approximate surface area is 207 Å². The van der Waals surface area contributed by atoms with Crippen molar-refractivity contribution in [3.05, 3.63) is 0 Å². The summed E-state index contributed by atoms with van der Waals surface area (Å²) in [7, 11) is 0. The van der Waals surface area contributed by atoms with E-state index < -0.39 is 85.8 Å². The predicted molar refractivity (Wildman–Crippen MR) is 124 cm³/mol. The number of hydrogen-bond donors (Lipinski definition) is 6. The number of rotatable bonds is 12. The third-order valence-corrected chi connectivity index (χ3v) is 7.75. The normalized spacial score (nSPS) is 39.1. The lowest BCUT2D eigenvalue weighted by molar-refractivity contribution is -0.372. The van der Waals surface area contributed by atoms with Crippen LogP contribution >= 0.6 is 0 Å². The van der Waals surface area contributed by atoms with Gasteiger partial charge in [-0.05, 0) is 39.5 Å². The SMILES string of the molecule is CCC(C)(CC)OC1OC(CO)C(OC2OC(CO)C(OC(C)(CC)CC)C(O)C2O)C(O)C1O. The number of aliphatic hydroxyl groups excluding tert-OH is 6. The molecule has 35 heavy (non-hydrogen) atoms. The van der Waals surface area contributed by atoms with Gasteiger partial charge in [-0.2, -0.15) is 0 Å². The van der Waals surface area contributed by atoms with Crippen molar-refractivity contribution in [2.75, 3.05) is 13.2 Å². The van der Waals surface area contributed by atoms with Crippen LogP contribution < -0.4 is 0 Å². The minimum atomic E-state index is -1.60. The van der Waals surface area contributed by atoms with Crippen molar-refractivity contribution >= 4 is 0 Å². The Balaban J connectivity index is 2.16. The van der Waals surface area contributed by atoms with Gasteiger partial charge in [0.15, 0.2) is 12.6 Å². The average molecular weight is 511 g/mol. The summed E-state index contributed by atoms with van der Waals surface area (Å²) in [6.45, 7) is 10.3. The van der Waals surface area contributed by atoms with Crippen LogP contribution in [-0.4, -0.2) is 116 Å². The molecule has 6 N–H and O–H groups in total. The lowest BCUT2D eigenvalue weighted by Crippen LogP contribution is -2.66. The van der Waals surface area contributed by atoms with Gasteiger partial charge >= 0.3 is 0 Å². The van der Waals surface area contributed by atoms with Crippen LogP contribution in [0.2, 0.25) is 0 Å². The smallest absolute Gasteiger partial charge is 0.187 e. The fourth-order valence-corrected chi connectivity index (χ4v) is 4.23. The van der Waals surface area contributed by atoms with Gasteiger partial charge in [-0.25, -0.2) is 0 Å². The fourth-order valence-electron chi connectivity index (χ4n) is 4.23. The number of hydrogen-bond acceptors (Lipinski definition) is 11. The van der Waals surface area contributed by atoms with E-state index in [1.54, 1.807) is 0 Å². The third-order valence-electron chi connectivity index (χ3n) is 7.75. The molecule has 0 aromatic heterocycles. The van der Waals surface area contributed by atoms with Crippen molar-refractivity contribution in [3.8, 4) is 0 Å². The molecule has 2 aliphatic heterocycles. The Morgan fingerprint density at radius 3 is 1.49 bits per heavy atom. The van der Waals surface area contributed by atoms with Gasteiger partial charge in [0.1, 0.15) is 48.8 Å². The molecule has 2 rings (SSSR count). The van der Waals surface area contributed by atoms with Gasteiger partial charge in [-0.3, -0.25) is 0 Å². The molecule has 11 nitrogen and oxygen atoms in total. The van der Waals surface area contributed by atoms with Crippen LogP contribution in [-0.2, 0) is 23.7 Å². The highest BCUT2D eigenvalue weighted by atomic mass is 16.7. The van der Waals surface area contributed by atoms with E-state index in [0.717, 1.165) is 0 Å². The molecule has 0 aromatic rings. The molecule has 10 atom stereocenters. The second kappa shape index (κ2) is 12.9. The van der Waals surface area contributed by atoms with Gasteiger partial charge < -0.3 is 54.3 Å². The van der Waals surface area contributed by atoms with Crippen LogP contribution in [0.5, 0.6) is 0 Å². The summed E-state index contributed by atoms with van der Waals surface area (Å²) in [6.07, 6.45) is -10.8. The quantitative estimate of drug-likeness (QED) is 0.206. The van der Waals surface area contributed by atoms with Gasteiger partial charge in [-0.1, -0.05) is 27.7 Å². The van der Waals surface area contributed by atoms with Crippen LogP contribution in [0, 0.1) is 0 Å². The van der Waals surface area contributed by atoms with E-state index >= 15 is 0 Å². The molecule has 0 aliphatic carbocycles. The maximum atomic E-state index is 10.8. The van der Waals surface area contributed by atoms with Crippen LogP contribution in [0.4, 0.5) is 0 Å². The Hall–Kier alpha value is -0.440. The molecular weight excluding hydrogens is 464 g/mol. The van der Waals surface area contributed by atoms with Gasteiger partial charge in [-0.15, -0.1) is 0 Å². The first-order valence-electron chi connectivity index (χ1n) is 12.7. The van der Waals surface area contributed by atoms with Gasteiger partial charge in [0.2, 0.25) is 0 Å². The van der Waals surface area contributed by atoms with Gasteiger partial charge in [0.05, 0.1) is 24.4 Å². The molecule has 2 aliphatic rings. The predicted octanol–water partition coefficient (Wildman–Crippen LogP) is -0.191. The van der Waals surface area contributed by atoms with Crippen LogP contribution in [0.1, 0.15) is 67.2 Å². The Morgan fingerprint density at radius 1 is 0.600 bits per heavy atom. The molecule has 0 spiro atoms.